The molecule has 0 radical (unpaired) electrons. The van der Waals surface area contributed by atoms with Gasteiger partial charge in [-0.05, 0) is 20.8 Å². The Kier molecular flexibility index (Phi) is 3.10. The van der Waals surface area contributed by atoms with Crippen molar-refractivity contribution in [3.05, 3.63) is 11.6 Å². The van der Waals surface area contributed by atoms with Gasteiger partial charge < -0.3 is 14.9 Å². The molecular formula is C11H16O5. The van der Waals surface area contributed by atoms with Gasteiger partial charge in [0, 0.05) is 18.9 Å². The van der Waals surface area contributed by atoms with Gasteiger partial charge >= 0.3 is 11.9 Å². The van der Waals surface area contributed by atoms with Crippen molar-refractivity contribution < 1.29 is 24.5 Å². The fourth-order valence-electron chi connectivity index (χ4n) is 2.05. The second-order valence-electron chi connectivity index (χ2n) is 4.79. The molecular weight excluding hydrogens is 212 g/mol. The van der Waals surface area contributed by atoms with Crippen LogP contribution in [0.2, 0.25) is 0 Å². The fourth-order valence-corrected chi connectivity index (χ4v) is 2.05. The molecule has 5 nitrogen and oxygen atoms in total. The normalized spacial score (nSPS) is 29.0. The van der Waals surface area contributed by atoms with Crippen molar-refractivity contribution in [3.8, 4) is 0 Å². The smallest absolute Gasteiger partial charge is 0.335 e. The van der Waals surface area contributed by atoms with Gasteiger partial charge in [0.15, 0.2) is 5.60 Å². The predicted octanol–water partition coefficient (Wildman–Crippen LogP) is 0.864. The Morgan fingerprint density at radius 3 is 2.69 bits per heavy atom. The van der Waals surface area contributed by atoms with Crippen LogP contribution in [0.3, 0.4) is 0 Å². The number of aliphatic hydroxyl groups is 1. The first-order valence-electron chi connectivity index (χ1n) is 5.01. The van der Waals surface area contributed by atoms with Crippen molar-refractivity contribution in [2.75, 3.05) is 0 Å². The molecule has 0 saturated carbocycles. The summed E-state index contributed by atoms with van der Waals surface area (Å²) in [7, 11) is 0. The van der Waals surface area contributed by atoms with Crippen LogP contribution in [0.15, 0.2) is 11.6 Å². The minimum atomic E-state index is -1.90. The Labute approximate surface area is 93.7 Å². The van der Waals surface area contributed by atoms with Gasteiger partial charge in [0.2, 0.25) is 0 Å². The zero-order valence-electron chi connectivity index (χ0n) is 9.61. The third-order valence-electron chi connectivity index (χ3n) is 2.54. The van der Waals surface area contributed by atoms with E-state index < -0.39 is 23.1 Å². The molecule has 0 spiro atoms. The first-order valence-corrected chi connectivity index (χ1v) is 5.01. The first kappa shape index (κ1) is 12.7. The molecule has 1 heterocycles. The Morgan fingerprint density at radius 2 is 2.25 bits per heavy atom. The van der Waals surface area contributed by atoms with E-state index in [1.807, 2.05) is 0 Å². The van der Waals surface area contributed by atoms with E-state index in [0.717, 1.165) is 5.57 Å². The minimum Gasteiger partial charge on any atom is -0.479 e. The van der Waals surface area contributed by atoms with Gasteiger partial charge in [0.25, 0.3) is 0 Å². The Bertz CT molecular complexity index is 355. The topological polar surface area (TPSA) is 83.8 Å². The van der Waals surface area contributed by atoms with E-state index in [-0.39, 0.29) is 6.42 Å². The summed E-state index contributed by atoms with van der Waals surface area (Å²) in [6, 6.07) is 0. The maximum absolute atomic E-state index is 11.2. The van der Waals surface area contributed by atoms with Crippen LogP contribution in [-0.4, -0.2) is 33.4 Å². The van der Waals surface area contributed by atoms with Crippen molar-refractivity contribution in [3.63, 3.8) is 0 Å². The molecule has 90 valence electrons. The van der Waals surface area contributed by atoms with Crippen molar-refractivity contribution in [2.24, 2.45) is 0 Å². The second-order valence-corrected chi connectivity index (χ2v) is 4.79. The summed E-state index contributed by atoms with van der Waals surface area (Å²) in [5.41, 5.74) is -2.04. The van der Waals surface area contributed by atoms with E-state index >= 15 is 0 Å². The van der Waals surface area contributed by atoms with Crippen LogP contribution < -0.4 is 0 Å². The molecule has 0 unspecified atom stereocenters. The maximum Gasteiger partial charge on any atom is 0.335 e. The number of rotatable bonds is 3. The summed E-state index contributed by atoms with van der Waals surface area (Å²) < 4.78 is 5.09. The van der Waals surface area contributed by atoms with Crippen LogP contribution >= 0.6 is 0 Å². The van der Waals surface area contributed by atoms with Gasteiger partial charge in [0.05, 0.1) is 0 Å². The number of carbonyl (C=O) groups is 2. The molecule has 5 heteroatoms. The molecule has 1 rings (SSSR count). The average molecular weight is 228 g/mol. The number of esters is 1. The van der Waals surface area contributed by atoms with Crippen molar-refractivity contribution in [2.45, 2.75) is 44.8 Å². The fraction of sp³-hybridized carbons (Fsp3) is 0.636. The van der Waals surface area contributed by atoms with Gasteiger partial charge in [-0.3, -0.25) is 0 Å². The summed E-state index contributed by atoms with van der Waals surface area (Å²) in [6.07, 6.45) is 1.67. The van der Waals surface area contributed by atoms with Gasteiger partial charge in [-0.25, -0.2) is 9.59 Å². The highest BCUT2D eigenvalue weighted by Crippen LogP contribution is 2.33. The van der Waals surface area contributed by atoms with E-state index in [4.69, 9.17) is 9.84 Å². The Balaban J connectivity index is 2.85. The van der Waals surface area contributed by atoms with E-state index in [1.54, 1.807) is 13.8 Å². The van der Waals surface area contributed by atoms with E-state index in [2.05, 4.69) is 0 Å². The van der Waals surface area contributed by atoms with Crippen LogP contribution in [0.1, 0.15) is 33.6 Å². The van der Waals surface area contributed by atoms with Crippen LogP contribution in [0.4, 0.5) is 0 Å². The summed E-state index contributed by atoms with van der Waals surface area (Å²) >= 11 is 0. The second kappa shape index (κ2) is 3.90. The highest BCUT2D eigenvalue weighted by Gasteiger charge is 2.43. The zero-order chi connectivity index (χ0) is 12.6. The summed E-state index contributed by atoms with van der Waals surface area (Å²) in [5.74, 6) is -1.82. The number of ether oxygens (including phenoxy) is 1. The number of carboxylic acid groups (broad SMARTS) is 1. The van der Waals surface area contributed by atoms with Gasteiger partial charge in [-0.1, -0.05) is 5.57 Å². The molecule has 2 N–H and O–H groups in total. The monoisotopic (exact) mass is 228 g/mol. The van der Waals surface area contributed by atoms with Crippen LogP contribution in [-0.2, 0) is 14.3 Å². The number of cyclic esters (lactones) is 1. The molecule has 1 aliphatic rings. The summed E-state index contributed by atoms with van der Waals surface area (Å²) in [4.78, 5) is 22.0. The van der Waals surface area contributed by atoms with E-state index in [9.17, 15) is 14.7 Å². The van der Waals surface area contributed by atoms with Crippen LogP contribution in [0.25, 0.3) is 0 Å². The lowest BCUT2D eigenvalue weighted by molar-refractivity contribution is -0.173. The predicted molar refractivity (Wildman–Crippen MR) is 55.7 cm³/mol. The maximum atomic E-state index is 11.2. The molecule has 2 atom stereocenters. The molecule has 0 aromatic carbocycles. The first-order chi connectivity index (χ1) is 7.15. The molecule has 0 aromatic heterocycles. The summed E-state index contributed by atoms with van der Waals surface area (Å²) in [6.45, 7) is 4.59. The van der Waals surface area contributed by atoms with E-state index in [1.165, 1.54) is 13.0 Å². The molecule has 0 saturated heterocycles. The van der Waals surface area contributed by atoms with E-state index in [0.29, 0.717) is 6.42 Å². The third-order valence-corrected chi connectivity index (χ3v) is 2.54. The average Bonchev–Trinajstić information content (AvgIpc) is 1.97. The van der Waals surface area contributed by atoms with Gasteiger partial charge in [0.1, 0.15) is 5.60 Å². The number of hydrogen-bond donors (Lipinski definition) is 2. The molecule has 0 amide bonds. The Hall–Kier alpha value is -1.36. The lowest BCUT2D eigenvalue weighted by atomic mass is 9.84. The minimum absolute atomic E-state index is 0.133. The lowest BCUT2D eigenvalue weighted by Gasteiger charge is -2.36. The quantitative estimate of drug-likeness (QED) is 0.700. The molecule has 0 fully saturated rings. The molecule has 0 bridgehead atoms. The van der Waals surface area contributed by atoms with Crippen molar-refractivity contribution >= 4 is 11.9 Å². The van der Waals surface area contributed by atoms with Crippen molar-refractivity contribution in [1.82, 2.24) is 0 Å². The zero-order valence-corrected chi connectivity index (χ0v) is 9.61. The number of carbonyl (C=O) groups excluding carboxylic acids is 1. The van der Waals surface area contributed by atoms with Crippen LogP contribution in [0.5, 0.6) is 0 Å². The molecule has 0 aromatic rings. The van der Waals surface area contributed by atoms with Gasteiger partial charge in [-0.2, -0.15) is 0 Å². The van der Waals surface area contributed by atoms with Crippen molar-refractivity contribution in [1.29, 1.82) is 0 Å². The molecule has 1 aliphatic heterocycles. The number of carboxylic acids is 1. The number of aliphatic carboxylic acids is 1. The Morgan fingerprint density at radius 1 is 1.69 bits per heavy atom. The standard InChI is InChI=1S/C11H16O5/c1-7-4-8(12)16-10(2,5-7)6-11(3,15)9(13)14/h4,15H,5-6H2,1-3H3,(H,13,14)/t10-,11-/m1/s1. The molecule has 0 aliphatic carbocycles. The largest absolute Gasteiger partial charge is 0.479 e. The highest BCUT2D eigenvalue weighted by molar-refractivity contribution is 5.84. The SMILES string of the molecule is CC1=CC(=O)O[C@@](C)(C[C@@](C)(O)C(=O)O)C1. The molecule has 16 heavy (non-hydrogen) atoms. The van der Waals surface area contributed by atoms with Gasteiger partial charge in [-0.15, -0.1) is 0 Å². The number of hydrogen-bond acceptors (Lipinski definition) is 4. The summed E-state index contributed by atoms with van der Waals surface area (Å²) in [5, 5.41) is 18.5. The third kappa shape index (κ3) is 2.82. The highest BCUT2D eigenvalue weighted by atomic mass is 16.6. The lowest BCUT2D eigenvalue weighted by Crippen LogP contribution is -2.46. The van der Waals surface area contributed by atoms with Crippen LogP contribution in [0, 0.1) is 0 Å².